The fourth-order valence-corrected chi connectivity index (χ4v) is 2.70. The van der Waals surface area contributed by atoms with Crippen molar-refractivity contribution in [2.45, 2.75) is 24.9 Å². The summed E-state index contributed by atoms with van der Waals surface area (Å²) in [6.07, 6.45) is 2.77. The number of nitrogens with zero attached hydrogens (tertiary/aromatic N) is 4. The molecule has 0 unspecified atom stereocenters. The number of likely N-dealkylation sites (N-methyl/N-ethyl adjacent to an activating group) is 1. The van der Waals surface area contributed by atoms with Crippen molar-refractivity contribution in [3.05, 3.63) is 42.2 Å². The first-order chi connectivity index (χ1) is 11.1. The van der Waals surface area contributed by atoms with Crippen LogP contribution in [-0.4, -0.2) is 51.6 Å². The number of amides is 1. The number of hydrogen-bond acceptors (Lipinski definition) is 5. The van der Waals surface area contributed by atoms with Crippen molar-refractivity contribution in [1.29, 1.82) is 0 Å². The van der Waals surface area contributed by atoms with E-state index < -0.39 is 5.54 Å². The van der Waals surface area contributed by atoms with Crippen molar-refractivity contribution < 1.29 is 9.53 Å². The summed E-state index contributed by atoms with van der Waals surface area (Å²) in [5.74, 6) is -0.0740. The Kier molecular flexibility index (Phi) is 4.40. The van der Waals surface area contributed by atoms with Crippen molar-refractivity contribution in [2.24, 2.45) is 5.73 Å². The standard InChI is InChI=1S/C16H21N5O2/c1-20(15(22)16(17)7-9-23-10-8-16)12-13-11-18-21(19-13)14-5-3-2-4-6-14/h2-6,11H,7-10,12,17H2,1H3. The highest BCUT2D eigenvalue weighted by molar-refractivity contribution is 5.86. The van der Waals surface area contributed by atoms with Crippen molar-refractivity contribution in [3.8, 4) is 5.69 Å². The smallest absolute Gasteiger partial charge is 0.242 e. The minimum absolute atomic E-state index is 0.0740. The maximum Gasteiger partial charge on any atom is 0.242 e. The molecule has 23 heavy (non-hydrogen) atoms. The van der Waals surface area contributed by atoms with Gasteiger partial charge in [0.2, 0.25) is 5.91 Å². The Morgan fingerprint density at radius 2 is 2.04 bits per heavy atom. The third kappa shape index (κ3) is 3.40. The van der Waals surface area contributed by atoms with Gasteiger partial charge in [0.1, 0.15) is 5.69 Å². The summed E-state index contributed by atoms with van der Waals surface area (Å²) in [7, 11) is 1.74. The molecule has 0 radical (unpaired) electrons. The van der Waals surface area contributed by atoms with Crippen LogP contribution in [-0.2, 0) is 16.1 Å². The van der Waals surface area contributed by atoms with E-state index >= 15 is 0 Å². The maximum absolute atomic E-state index is 12.6. The van der Waals surface area contributed by atoms with E-state index in [1.165, 1.54) is 0 Å². The summed E-state index contributed by atoms with van der Waals surface area (Å²) in [4.78, 5) is 15.8. The summed E-state index contributed by atoms with van der Waals surface area (Å²) < 4.78 is 5.29. The molecule has 1 aromatic heterocycles. The van der Waals surface area contributed by atoms with Crippen LogP contribution in [0.3, 0.4) is 0 Å². The monoisotopic (exact) mass is 315 g/mol. The molecule has 1 aromatic carbocycles. The zero-order chi connectivity index (χ0) is 16.3. The highest BCUT2D eigenvalue weighted by Gasteiger charge is 2.38. The summed E-state index contributed by atoms with van der Waals surface area (Å²) >= 11 is 0. The molecule has 1 fully saturated rings. The third-order valence-electron chi connectivity index (χ3n) is 4.08. The minimum atomic E-state index is -0.831. The van der Waals surface area contributed by atoms with Gasteiger partial charge in [-0.25, -0.2) is 0 Å². The van der Waals surface area contributed by atoms with E-state index in [4.69, 9.17) is 10.5 Å². The molecule has 122 valence electrons. The molecule has 0 bridgehead atoms. The van der Waals surface area contributed by atoms with Crippen LogP contribution in [0, 0.1) is 0 Å². The van der Waals surface area contributed by atoms with Gasteiger partial charge in [0.15, 0.2) is 0 Å². The number of aromatic nitrogens is 3. The summed E-state index contributed by atoms with van der Waals surface area (Å²) in [6.45, 7) is 1.44. The largest absolute Gasteiger partial charge is 0.381 e. The van der Waals surface area contributed by atoms with Gasteiger partial charge in [0, 0.05) is 20.3 Å². The molecule has 1 aliphatic heterocycles. The lowest BCUT2D eigenvalue weighted by Crippen LogP contribution is -2.57. The topological polar surface area (TPSA) is 86.3 Å². The first kappa shape index (κ1) is 15.6. The molecule has 0 aliphatic carbocycles. The van der Waals surface area contributed by atoms with Crippen LogP contribution < -0.4 is 5.73 Å². The number of rotatable bonds is 4. The van der Waals surface area contributed by atoms with E-state index in [1.54, 1.807) is 22.9 Å². The highest BCUT2D eigenvalue weighted by Crippen LogP contribution is 2.20. The van der Waals surface area contributed by atoms with Gasteiger partial charge in [-0.15, -0.1) is 0 Å². The van der Waals surface area contributed by atoms with E-state index in [0.717, 1.165) is 11.4 Å². The van der Waals surface area contributed by atoms with E-state index in [-0.39, 0.29) is 5.91 Å². The summed E-state index contributed by atoms with van der Waals surface area (Å²) in [5, 5.41) is 8.66. The number of carbonyl (C=O) groups is 1. The fraction of sp³-hybridized carbons (Fsp3) is 0.438. The van der Waals surface area contributed by atoms with Crippen LogP contribution >= 0.6 is 0 Å². The van der Waals surface area contributed by atoms with Gasteiger partial charge < -0.3 is 15.4 Å². The van der Waals surface area contributed by atoms with E-state index in [1.807, 2.05) is 30.3 Å². The van der Waals surface area contributed by atoms with E-state index in [0.29, 0.717) is 32.6 Å². The van der Waals surface area contributed by atoms with Gasteiger partial charge >= 0.3 is 0 Å². The Morgan fingerprint density at radius 3 is 2.74 bits per heavy atom. The lowest BCUT2D eigenvalue weighted by Gasteiger charge is -2.35. The quantitative estimate of drug-likeness (QED) is 0.899. The van der Waals surface area contributed by atoms with Crippen LogP contribution in [0.25, 0.3) is 5.69 Å². The van der Waals surface area contributed by atoms with Crippen LogP contribution in [0.5, 0.6) is 0 Å². The molecule has 1 amide bonds. The number of carbonyl (C=O) groups excluding carboxylic acids is 1. The SMILES string of the molecule is CN(Cc1cnn(-c2ccccc2)n1)C(=O)C1(N)CCOCC1. The molecule has 0 saturated carbocycles. The predicted octanol–water partition coefficient (Wildman–Crippen LogP) is 0.734. The van der Waals surface area contributed by atoms with Crippen molar-refractivity contribution in [2.75, 3.05) is 20.3 Å². The zero-order valence-corrected chi connectivity index (χ0v) is 13.2. The fourth-order valence-electron chi connectivity index (χ4n) is 2.70. The van der Waals surface area contributed by atoms with Crippen LogP contribution in [0.15, 0.2) is 36.5 Å². The Balaban J connectivity index is 1.67. The Hall–Kier alpha value is -2.25. The number of benzene rings is 1. The molecule has 3 rings (SSSR count). The van der Waals surface area contributed by atoms with Gasteiger partial charge in [0.25, 0.3) is 0 Å². The van der Waals surface area contributed by atoms with Gasteiger partial charge in [-0.1, -0.05) is 18.2 Å². The summed E-state index contributed by atoms with van der Waals surface area (Å²) in [5.41, 5.74) is 7.01. The maximum atomic E-state index is 12.6. The van der Waals surface area contributed by atoms with E-state index in [2.05, 4.69) is 10.2 Å². The normalized spacial score (nSPS) is 17.0. The Bertz CT molecular complexity index is 664. The predicted molar refractivity (Wildman–Crippen MR) is 84.8 cm³/mol. The molecule has 2 N–H and O–H groups in total. The lowest BCUT2D eigenvalue weighted by molar-refractivity contribution is -0.139. The molecule has 0 spiro atoms. The molecule has 2 aromatic rings. The molecular weight excluding hydrogens is 294 g/mol. The van der Waals surface area contributed by atoms with Gasteiger partial charge in [-0.05, 0) is 25.0 Å². The Morgan fingerprint density at radius 1 is 1.35 bits per heavy atom. The average molecular weight is 315 g/mol. The van der Waals surface area contributed by atoms with Gasteiger partial charge in [-0.2, -0.15) is 15.0 Å². The minimum Gasteiger partial charge on any atom is -0.381 e. The second-order valence-electron chi connectivity index (χ2n) is 5.89. The van der Waals surface area contributed by atoms with Crippen molar-refractivity contribution >= 4 is 5.91 Å². The molecule has 7 heteroatoms. The highest BCUT2D eigenvalue weighted by atomic mass is 16.5. The zero-order valence-electron chi connectivity index (χ0n) is 13.2. The Labute approximate surface area is 135 Å². The first-order valence-electron chi connectivity index (χ1n) is 7.67. The second kappa shape index (κ2) is 6.47. The molecular formula is C16H21N5O2. The van der Waals surface area contributed by atoms with E-state index in [9.17, 15) is 4.79 Å². The molecule has 1 saturated heterocycles. The number of hydrogen-bond donors (Lipinski definition) is 1. The molecule has 0 atom stereocenters. The number of nitrogens with two attached hydrogens (primary N) is 1. The van der Waals surface area contributed by atoms with Crippen molar-refractivity contribution in [1.82, 2.24) is 19.9 Å². The molecule has 7 nitrogen and oxygen atoms in total. The van der Waals surface area contributed by atoms with Crippen molar-refractivity contribution in [3.63, 3.8) is 0 Å². The van der Waals surface area contributed by atoms with Crippen LogP contribution in [0.2, 0.25) is 0 Å². The van der Waals surface area contributed by atoms with Crippen LogP contribution in [0.1, 0.15) is 18.5 Å². The van der Waals surface area contributed by atoms with Crippen LogP contribution in [0.4, 0.5) is 0 Å². The molecule has 2 heterocycles. The summed E-state index contributed by atoms with van der Waals surface area (Å²) in [6, 6.07) is 9.65. The molecule has 1 aliphatic rings. The second-order valence-corrected chi connectivity index (χ2v) is 5.89. The number of para-hydroxylation sites is 1. The van der Waals surface area contributed by atoms with Gasteiger partial charge in [-0.3, -0.25) is 4.79 Å². The average Bonchev–Trinajstić information content (AvgIpc) is 3.04. The van der Waals surface area contributed by atoms with Gasteiger partial charge in [0.05, 0.1) is 24.0 Å². The lowest BCUT2D eigenvalue weighted by atomic mass is 9.90. The first-order valence-corrected chi connectivity index (χ1v) is 7.67. The number of ether oxygens (including phenoxy) is 1. The third-order valence-corrected chi connectivity index (χ3v) is 4.08.